The number of carboxylic acid groups (broad SMARTS) is 1. The van der Waals surface area contributed by atoms with E-state index in [1.54, 1.807) is 0 Å². The summed E-state index contributed by atoms with van der Waals surface area (Å²) in [6, 6.07) is 0.257. The van der Waals surface area contributed by atoms with Gasteiger partial charge >= 0.3 is 5.97 Å². The zero-order valence-electron chi connectivity index (χ0n) is 11.5. The molecule has 2 saturated carbocycles. The molecule has 0 amide bonds. The van der Waals surface area contributed by atoms with Crippen LogP contribution in [0.2, 0.25) is 0 Å². The van der Waals surface area contributed by atoms with E-state index in [1.807, 2.05) is 0 Å². The highest BCUT2D eigenvalue weighted by atomic mass is 16.4. The monoisotopic (exact) mass is 253 g/mol. The number of fused-ring (bicyclic) bond motifs is 2. The van der Waals surface area contributed by atoms with Gasteiger partial charge in [-0.1, -0.05) is 32.6 Å². The number of hydrogen-bond donors (Lipinski definition) is 2. The number of carbonyl (C=O) groups is 1. The van der Waals surface area contributed by atoms with Gasteiger partial charge in [-0.2, -0.15) is 0 Å². The lowest BCUT2D eigenvalue weighted by atomic mass is 9.84. The number of rotatable bonds is 8. The first kappa shape index (κ1) is 13.9. The van der Waals surface area contributed by atoms with Crippen molar-refractivity contribution in [1.82, 2.24) is 5.32 Å². The minimum atomic E-state index is -0.578. The Morgan fingerprint density at radius 2 is 1.89 bits per heavy atom. The molecule has 18 heavy (non-hydrogen) atoms. The van der Waals surface area contributed by atoms with Crippen molar-refractivity contribution >= 4 is 5.97 Å². The minimum Gasteiger partial charge on any atom is -0.481 e. The third-order valence-corrected chi connectivity index (χ3v) is 4.86. The normalized spacial score (nSPS) is 34.1. The Hall–Kier alpha value is -0.570. The first-order valence-electron chi connectivity index (χ1n) is 7.70. The predicted molar refractivity (Wildman–Crippen MR) is 72.5 cm³/mol. The molecule has 104 valence electrons. The van der Waals surface area contributed by atoms with E-state index in [0.717, 1.165) is 19.4 Å². The molecule has 0 saturated heterocycles. The van der Waals surface area contributed by atoms with Crippen molar-refractivity contribution in [3.8, 4) is 0 Å². The maximum absolute atomic E-state index is 11.3. The summed E-state index contributed by atoms with van der Waals surface area (Å²) in [4.78, 5) is 11.3. The smallest absolute Gasteiger partial charge is 0.308 e. The van der Waals surface area contributed by atoms with Crippen LogP contribution < -0.4 is 5.32 Å². The Balaban J connectivity index is 1.70. The molecule has 0 spiro atoms. The van der Waals surface area contributed by atoms with E-state index in [9.17, 15) is 9.90 Å². The third-order valence-electron chi connectivity index (χ3n) is 4.86. The molecule has 0 aromatic rings. The molecule has 0 heterocycles. The molecule has 2 bridgehead atoms. The second kappa shape index (κ2) is 6.55. The summed E-state index contributed by atoms with van der Waals surface area (Å²) in [6.45, 7) is 3.23. The molecule has 2 N–H and O–H groups in total. The van der Waals surface area contributed by atoms with E-state index in [-0.39, 0.29) is 12.0 Å². The third kappa shape index (κ3) is 3.05. The van der Waals surface area contributed by atoms with Gasteiger partial charge in [0.05, 0.1) is 5.92 Å². The van der Waals surface area contributed by atoms with Crippen LogP contribution in [0, 0.1) is 17.8 Å². The number of carboxylic acids is 1. The van der Waals surface area contributed by atoms with Gasteiger partial charge in [0.25, 0.3) is 0 Å². The second-order valence-electron chi connectivity index (χ2n) is 6.09. The Labute approximate surface area is 110 Å². The standard InChI is InChI=1S/C15H27NO2/c1-2-3-4-5-6-9-16-14-12-8-7-11(10-12)13(14)15(17)18/h11-14,16H,2-10H2,1H3,(H,17,18). The molecule has 3 heteroatoms. The Bertz CT molecular complexity index is 280. The van der Waals surface area contributed by atoms with E-state index >= 15 is 0 Å². The lowest BCUT2D eigenvalue weighted by Gasteiger charge is -2.29. The van der Waals surface area contributed by atoms with Crippen LogP contribution in [-0.2, 0) is 4.79 Å². The highest BCUT2D eigenvalue weighted by Gasteiger charge is 2.50. The topological polar surface area (TPSA) is 49.3 Å². The van der Waals surface area contributed by atoms with E-state index in [4.69, 9.17) is 0 Å². The largest absolute Gasteiger partial charge is 0.481 e. The Morgan fingerprint density at radius 1 is 1.17 bits per heavy atom. The lowest BCUT2D eigenvalue weighted by Crippen LogP contribution is -2.44. The molecule has 4 atom stereocenters. The number of aliphatic carboxylic acids is 1. The van der Waals surface area contributed by atoms with Crippen LogP contribution in [0.1, 0.15) is 58.3 Å². The van der Waals surface area contributed by atoms with Crippen molar-refractivity contribution in [1.29, 1.82) is 0 Å². The van der Waals surface area contributed by atoms with Crippen LogP contribution in [0.25, 0.3) is 0 Å². The lowest BCUT2D eigenvalue weighted by molar-refractivity contribution is -0.144. The molecule has 4 unspecified atom stereocenters. The molecule has 2 rings (SSSR count). The van der Waals surface area contributed by atoms with Crippen LogP contribution in [-0.4, -0.2) is 23.7 Å². The quantitative estimate of drug-likeness (QED) is 0.654. The maximum Gasteiger partial charge on any atom is 0.308 e. The van der Waals surface area contributed by atoms with Gasteiger partial charge in [0.1, 0.15) is 0 Å². The van der Waals surface area contributed by atoms with E-state index in [2.05, 4.69) is 12.2 Å². The van der Waals surface area contributed by atoms with Gasteiger partial charge in [-0.3, -0.25) is 4.79 Å². The Kier molecular flexibility index (Phi) is 5.04. The molecule has 2 fully saturated rings. The summed E-state index contributed by atoms with van der Waals surface area (Å²) < 4.78 is 0. The molecule has 0 aromatic carbocycles. The fourth-order valence-electron chi connectivity index (χ4n) is 3.94. The van der Waals surface area contributed by atoms with Gasteiger partial charge in [0.2, 0.25) is 0 Å². The summed E-state index contributed by atoms with van der Waals surface area (Å²) in [5.41, 5.74) is 0. The summed E-state index contributed by atoms with van der Waals surface area (Å²) in [5.74, 6) is 0.391. The SMILES string of the molecule is CCCCCCCNC1C2CCC(C2)C1C(=O)O. The van der Waals surface area contributed by atoms with Crippen molar-refractivity contribution in [3.63, 3.8) is 0 Å². The van der Waals surface area contributed by atoms with Gasteiger partial charge in [-0.25, -0.2) is 0 Å². The molecule has 2 aliphatic carbocycles. The highest BCUT2D eigenvalue weighted by molar-refractivity contribution is 5.72. The van der Waals surface area contributed by atoms with Gasteiger partial charge < -0.3 is 10.4 Å². The van der Waals surface area contributed by atoms with Crippen LogP contribution in [0.4, 0.5) is 0 Å². The van der Waals surface area contributed by atoms with Gasteiger partial charge in [0.15, 0.2) is 0 Å². The minimum absolute atomic E-state index is 0.112. The molecule has 0 aromatic heterocycles. The maximum atomic E-state index is 11.3. The fraction of sp³-hybridized carbons (Fsp3) is 0.933. The molecular weight excluding hydrogens is 226 g/mol. The van der Waals surface area contributed by atoms with Crippen LogP contribution >= 0.6 is 0 Å². The second-order valence-corrected chi connectivity index (χ2v) is 6.09. The summed E-state index contributed by atoms with van der Waals surface area (Å²) in [5, 5.41) is 12.9. The van der Waals surface area contributed by atoms with E-state index < -0.39 is 5.97 Å². The molecule has 2 aliphatic rings. The van der Waals surface area contributed by atoms with Gasteiger partial charge in [-0.05, 0) is 44.1 Å². The average molecular weight is 253 g/mol. The zero-order chi connectivity index (χ0) is 13.0. The van der Waals surface area contributed by atoms with Crippen molar-refractivity contribution in [2.75, 3.05) is 6.54 Å². The fourth-order valence-corrected chi connectivity index (χ4v) is 3.94. The number of hydrogen-bond acceptors (Lipinski definition) is 2. The zero-order valence-corrected chi connectivity index (χ0v) is 11.5. The first-order valence-corrected chi connectivity index (χ1v) is 7.70. The van der Waals surface area contributed by atoms with E-state index in [1.165, 1.54) is 38.5 Å². The molecule has 3 nitrogen and oxygen atoms in total. The highest BCUT2D eigenvalue weighted by Crippen LogP contribution is 2.48. The summed E-state index contributed by atoms with van der Waals surface area (Å²) in [7, 11) is 0. The van der Waals surface area contributed by atoms with Crippen LogP contribution in [0.3, 0.4) is 0 Å². The number of nitrogens with one attached hydrogen (secondary N) is 1. The van der Waals surface area contributed by atoms with Gasteiger partial charge in [-0.15, -0.1) is 0 Å². The van der Waals surface area contributed by atoms with Crippen molar-refractivity contribution in [3.05, 3.63) is 0 Å². The average Bonchev–Trinajstić information content (AvgIpc) is 2.93. The predicted octanol–water partition coefficient (Wildman–Crippen LogP) is 3.05. The van der Waals surface area contributed by atoms with Crippen molar-refractivity contribution in [2.24, 2.45) is 17.8 Å². The van der Waals surface area contributed by atoms with Crippen LogP contribution in [0.5, 0.6) is 0 Å². The summed E-state index contributed by atoms with van der Waals surface area (Å²) >= 11 is 0. The van der Waals surface area contributed by atoms with Crippen molar-refractivity contribution < 1.29 is 9.90 Å². The molecular formula is C15H27NO2. The first-order chi connectivity index (χ1) is 8.74. The van der Waals surface area contributed by atoms with Crippen LogP contribution in [0.15, 0.2) is 0 Å². The van der Waals surface area contributed by atoms with Gasteiger partial charge in [0, 0.05) is 6.04 Å². The van der Waals surface area contributed by atoms with E-state index in [0.29, 0.717) is 11.8 Å². The number of unbranched alkanes of at least 4 members (excludes halogenated alkanes) is 4. The molecule has 0 radical (unpaired) electrons. The summed E-state index contributed by atoms with van der Waals surface area (Å²) in [6.07, 6.45) is 9.91. The Morgan fingerprint density at radius 3 is 2.61 bits per heavy atom. The van der Waals surface area contributed by atoms with Crippen molar-refractivity contribution in [2.45, 2.75) is 64.3 Å². The molecule has 0 aliphatic heterocycles.